The van der Waals surface area contributed by atoms with Crippen molar-refractivity contribution in [3.8, 4) is 0 Å². The number of piperazine rings is 1. The van der Waals surface area contributed by atoms with Crippen molar-refractivity contribution in [1.82, 2.24) is 9.80 Å². The smallest absolute Gasteiger partial charge is 0.321 e. The second kappa shape index (κ2) is 5.53. The zero-order chi connectivity index (χ0) is 13.0. The number of nitrogens with one attached hydrogen (secondary N) is 1. The van der Waals surface area contributed by atoms with E-state index in [1.165, 1.54) is 0 Å². The van der Waals surface area contributed by atoms with Crippen LogP contribution in [0.4, 0.5) is 10.5 Å². The molecule has 1 heterocycles. The summed E-state index contributed by atoms with van der Waals surface area (Å²) in [6.07, 6.45) is 0. The largest absolute Gasteiger partial charge is 0.339 e. The Bertz CT molecular complexity index is 425. The average Bonchev–Trinajstić information content (AvgIpc) is 2.40. The molecule has 0 spiro atoms. The van der Waals surface area contributed by atoms with E-state index >= 15 is 0 Å². The predicted octanol–water partition coefficient (Wildman–Crippen LogP) is 1.38. The first-order valence-corrected chi connectivity index (χ1v) is 6.03. The third-order valence-corrected chi connectivity index (χ3v) is 3.04. The van der Waals surface area contributed by atoms with Crippen LogP contribution >= 0.6 is 0 Å². The van der Waals surface area contributed by atoms with Gasteiger partial charge in [-0.05, 0) is 12.1 Å². The summed E-state index contributed by atoms with van der Waals surface area (Å²) < 4.78 is 0. The highest BCUT2D eigenvalue weighted by atomic mass is 16.2. The molecule has 2 rings (SSSR count). The fraction of sp³-hybridized carbons (Fsp3) is 0.385. The quantitative estimate of drug-likeness (QED) is 0.815. The molecule has 1 fully saturated rings. The molecule has 1 aliphatic heterocycles. The van der Waals surface area contributed by atoms with Crippen molar-refractivity contribution < 1.29 is 9.59 Å². The molecule has 0 aromatic heterocycles. The molecule has 1 saturated heterocycles. The van der Waals surface area contributed by atoms with Gasteiger partial charge >= 0.3 is 6.03 Å². The topological polar surface area (TPSA) is 52.7 Å². The molecule has 5 heteroatoms. The number of nitrogens with zero attached hydrogens (tertiary/aromatic N) is 2. The van der Waals surface area contributed by atoms with Gasteiger partial charge in [0.2, 0.25) is 5.91 Å². The van der Waals surface area contributed by atoms with Crippen molar-refractivity contribution in [2.75, 3.05) is 31.5 Å². The Morgan fingerprint density at radius 2 is 1.56 bits per heavy atom. The standard InChI is InChI=1S/C13H17N3O2/c1-11(17)15-7-9-16(10-8-15)13(18)14-12-5-3-2-4-6-12/h2-6H,7-10H2,1H3,(H,14,18). The maximum Gasteiger partial charge on any atom is 0.321 e. The Hall–Kier alpha value is -2.04. The van der Waals surface area contributed by atoms with Gasteiger partial charge in [-0.1, -0.05) is 18.2 Å². The van der Waals surface area contributed by atoms with Gasteiger partial charge in [-0.3, -0.25) is 4.79 Å². The summed E-state index contributed by atoms with van der Waals surface area (Å²) in [7, 11) is 0. The number of hydrogen-bond acceptors (Lipinski definition) is 2. The monoisotopic (exact) mass is 247 g/mol. The van der Waals surface area contributed by atoms with Crippen LogP contribution < -0.4 is 5.32 Å². The normalized spacial score (nSPS) is 15.4. The summed E-state index contributed by atoms with van der Waals surface area (Å²) in [5.74, 6) is 0.0677. The van der Waals surface area contributed by atoms with E-state index in [2.05, 4.69) is 5.32 Å². The van der Waals surface area contributed by atoms with Crippen LogP contribution in [0, 0.1) is 0 Å². The summed E-state index contributed by atoms with van der Waals surface area (Å²) in [5, 5.41) is 2.84. The van der Waals surface area contributed by atoms with E-state index in [0.29, 0.717) is 26.2 Å². The Kier molecular flexibility index (Phi) is 3.82. The van der Waals surface area contributed by atoms with Crippen LogP contribution in [-0.4, -0.2) is 47.9 Å². The van der Waals surface area contributed by atoms with E-state index in [0.717, 1.165) is 5.69 Å². The molecule has 5 nitrogen and oxygen atoms in total. The molecule has 3 amide bonds. The molecular weight excluding hydrogens is 230 g/mol. The van der Waals surface area contributed by atoms with Crippen LogP contribution in [0.25, 0.3) is 0 Å². The zero-order valence-electron chi connectivity index (χ0n) is 10.4. The van der Waals surface area contributed by atoms with Crippen molar-refractivity contribution >= 4 is 17.6 Å². The van der Waals surface area contributed by atoms with Crippen LogP contribution in [0.15, 0.2) is 30.3 Å². The highest BCUT2D eigenvalue weighted by Crippen LogP contribution is 2.08. The minimum atomic E-state index is -0.107. The molecule has 1 aromatic carbocycles. The van der Waals surface area contributed by atoms with Crippen LogP contribution in [0.3, 0.4) is 0 Å². The van der Waals surface area contributed by atoms with Crippen molar-refractivity contribution in [2.24, 2.45) is 0 Å². The Morgan fingerprint density at radius 3 is 2.11 bits per heavy atom. The zero-order valence-corrected chi connectivity index (χ0v) is 10.4. The Balaban J connectivity index is 1.86. The summed E-state index contributed by atoms with van der Waals surface area (Å²) in [5.41, 5.74) is 0.788. The lowest BCUT2D eigenvalue weighted by molar-refractivity contribution is -0.130. The van der Waals surface area contributed by atoms with Crippen molar-refractivity contribution in [3.63, 3.8) is 0 Å². The molecule has 1 aromatic rings. The van der Waals surface area contributed by atoms with E-state index in [-0.39, 0.29) is 11.9 Å². The molecule has 18 heavy (non-hydrogen) atoms. The van der Waals surface area contributed by atoms with Gasteiger partial charge in [0.05, 0.1) is 0 Å². The van der Waals surface area contributed by atoms with E-state index in [4.69, 9.17) is 0 Å². The van der Waals surface area contributed by atoms with Gasteiger partial charge in [0, 0.05) is 38.8 Å². The van der Waals surface area contributed by atoms with Crippen LogP contribution in [0.5, 0.6) is 0 Å². The molecule has 0 unspecified atom stereocenters. The SMILES string of the molecule is CC(=O)N1CCN(C(=O)Nc2ccccc2)CC1. The van der Waals surface area contributed by atoms with E-state index < -0.39 is 0 Å². The molecule has 0 aliphatic carbocycles. The Labute approximate surface area is 106 Å². The minimum absolute atomic E-state index is 0.0677. The van der Waals surface area contributed by atoms with E-state index in [1.54, 1.807) is 16.7 Å². The van der Waals surface area contributed by atoms with Crippen molar-refractivity contribution in [2.45, 2.75) is 6.92 Å². The first-order chi connectivity index (χ1) is 8.66. The lowest BCUT2D eigenvalue weighted by Crippen LogP contribution is -2.51. The number of para-hydroxylation sites is 1. The van der Waals surface area contributed by atoms with Crippen LogP contribution in [0.2, 0.25) is 0 Å². The second-order valence-corrected chi connectivity index (χ2v) is 4.29. The Morgan fingerprint density at radius 1 is 1.00 bits per heavy atom. The van der Waals surface area contributed by atoms with Crippen molar-refractivity contribution in [3.05, 3.63) is 30.3 Å². The second-order valence-electron chi connectivity index (χ2n) is 4.29. The maximum atomic E-state index is 12.0. The van der Waals surface area contributed by atoms with Gasteiger partial charge in [-0.2, -0.15) is 0 Å². The van der Waals surface area contributed by atoms with Gasteiger partial charge in [-0.15, -0.1) is 0 Å². The summed E-state index contributed by atoms with van der Waals surface area (Å²) >= 11 is 0. The number of amides is 3. The van der Waals surface area contributed by atoms with Crippen LogP contribution in [0.1, 0.15) is 6.92 Å². The van der Waals surface area contributed by atoms with E-state index in [1.807, 2.05) is 30.3 Å². The highest BCUT2D eigenvalue weighted by molar-refractivity contribution is 5.89. The first kappa shape index (κ1) is 12.4. The fourth-order valence-corrected chi connectivity index (χ4v) is 1.95. The minimum Gasteiger partial charge on any atom is -0.339 e. The number of hydrogen-bond donors (Lipinski definition) is 1. The van der Waals surface area contributed by atoms with Gasteiger partial charge in [0.1, 0.15) is 0 Å². The first-order valence-electron chi connectivity index (χ1n) is 6.03. The summed E-state index contributed by atoms with van der Waals surface area (Å²) in [6.45, 7) is 3.94. The lowest BCUT2D eigenvalue weighted by Gasteiger charge is -2.34. The number of rotatable bonds is 1. The van der Waals surface area contributed by atoms with Crippen molar-refractivity contribution in [1.29, 1.82) is 0 Å². The number of carbonyl (C=O) groups excluding carboxylic acids is 2. The van der Waals surface area contributed by atoms with Gasteiger partial charge in [0.15, 0.2) is 0 Å². The third-order valence-electron chi connectivity index (χ3n) is 3.04. The number of anilines is 1. The molecule has 0 bridgehead atoms. The fourth-order valence-electron chi connectivity index (χ4n) is 1.95. The average molecular weight is 247 g/mol. The number of urea groups is 1. The van der Waals surface area contributed by atoms with Gasteiger partial charge in [-0.25, -0.2) is 4.79 Å². The summed E-state index contributed by atoms with van der Waals surface area (Å²) in [6, 6.07) is 9.26. The molecule has 0 radical (unpaired) electrons. The molecule has 0 atom stereocenters. The molecular formula is C13H17N3O2. The van der Waals surface area contributed by atoms with Gasteiger partial charge < -0.3 is 15.1 Å². The molecule has 0 saturated carbocycles. The summed E-state index contributed by atoms with van der Waals surface area (Å²) in [4.78, 5) is 26.6. The highest BCUT2D eigenvalue weighted by Gasteiger charge is 2.22. The molecule has 1 aliphatic rings. The molecule has 96 valence electrons. The van der Waals surface area contributed by atoms with E-state index in [9.17, 15) is 9.59 Å². The number of carbonyl (C=O) groups is 2. The lowest BCUT2D eigenvalue weighted by atomic mass is 10.3. The third kappa shape index (κ3) is 3.00. The maximum absolute atomic E-state index is 12.0. The molecule has 1 N–H and O–H groups in total. The van der Waals surface area contributed by atoms with Crippen LogP contribution in [-0.2, 0) is 4.79 Å². The van der Waals surface area contributed by atoms with Gasteiger partial charge in [0.25, 0.3) is 0 Å². The predicted molar refractivity (Wildman–Crippen MR) is 69.3 cm³/mol. The number of benzene rings is 1.